The van der Waals surface area contributed by atoms with Gasteiger partial charge in [0.1, 0.15) is 6.10 Å². The van der Waals surface area contributed by atoms with E-state index in [0.717, 1.165) is 12.8 Å². The fourth-order valence-corrected chi connectivity index (χ4v) is 0.940. The molecule has 2 N–H and O–H groups in total. The zero-order valence-electron chi connectivity index (χ0n) is 5.71. The standard InChI is InChI=1S/C7H13NO/c1-6(8)7-4-2-3-5-9-7/h3,5-7H,2,4,8H2,1H3. The Morgan fingerprint density at radius 2 is 2.56 bits per heavy atom. The van der Waals surface area contributed by atoms with Gasteiger partial charge in [-0.2, -0.15) is 0 Å². The Balaban J connectivity index is 2.35. The second-order valence-electron chi connectivity index (χ2n) is 2.48. The van der Waals surface area contributed by atoms with Crippen LogP contribution in [0.1, 0.15) is 19.8 Å². The fourth-order valence-electron chi connectivity index (χ4n) is 0.940. The highest BCUT2D eigenvalue weighted by atomic mass is 16.5. The van der Waals surface area contributed by atoms with Crippen LogP contribution in [-0.2, 0) is 4.74 Å². The van der Waals surface area contributed by atoms with E-state index in [9.17, 15) is 0 Å². The van der Waals surface area contributed by atoms with E-state index >= 15 is 0 Å². The lowest BCUT2D eigenvalue weighted by Gasteiger charge is -2.22. The van der Waals surface area contributed by atoms with E-state index in [4.69, 9.17) is 10.5 Å². The molecule has 1 aliphatic heterocycles. The predicted molar refractivity (Wildman–Crippen MR) is 36.9 cm³/mol. The summed E-state index contributed by atoms with van der Waals surface area (Å²) in [4.78, 5) is 0. The molecule has 0 fully saturated rings. The molecular weight excluding hydrogens is 114 g/mol. The Morgan fingerprint density at radius 1 is 1.78 bits per heavy atom. The topological polar surface area (TPSA) is 35.2 Å². The van der Waals surface area contributed by atoms with Crippen LogP contribution in [0.5, 0.6) is 0 Å². The molecule has 0 aliphatic carbocycles. The molecule has 2 heteroatoms. The third-order valence-electron chi connectivity index (χ3n) is 1.55. The number of hydrogen-bond donors (Lipinski definition) is 1. The van der Waals surface area contributed by atoms with Crippen molar-refractivity contribution in [1.29, 1.82) is 0 Å². The zero-order valence-corrected chi connectivity index (χ0v) is 5.71. The van der Waals surface area contributed by atoms with Crippen molar-refractivity contribution in [1.82, 2.24) is 0 Å². The maximum absolute atomic E-state index is 5.61. The Morgan fingerprint density at radius 3 is 2.89 bits per heavy atom. The van der Waals surface area contributed by atoms with Gasteiger partial charge in [0.25, 0.3) is 0 Å². The lowest BCUT2D eigenvalue weighted by molar-refractivity contribution is 0.105. The van der Waals surface area contributed by atoms with E-state index in [0.29, 0.717) is 0 Å². The summed E-state index contributed by atoms with van der Waals surface area (Å²) in [6.07, 6.45) is 6.19. The van der Waals surface area contributed by atoms with E-state index in [1.807, 2.05) is 13.0 Å². The molecule has 9 heavy (non-hydrogen) atoms. The molecular formula is C7H13NO. The van der Waals surface area contributed by atoms with Crippen molar-refractivity contribution in [2.45, 2.75) is 31.9 Å². The van der Waals surface area contributed by atoms with Crippen molar-refractivity contribution in [3.63, 3.8) is 0 Å². The van der Waals surface area contributed by atoms with Gasteiger partial charge in [0.2, 0.25) is 0 Å². The van der Waals surface area contributed by atoms with Crippen molar-refractivity contribution in [2.75, 3.05) is 0 Å². The monoisotopic (exact) mass is 127 g/mol. The highest BCUT2D eigenvalue weighted by Gasteiger charge is 2.14. The molecule has 0 bridgehead atoms. The first kappa shape index (κ1) is 6.62. The maximum Gasteiger partial charge on any atom is 0.113 e. The summed E-state index contributed by atoms with van der Waals surface area (Å²) in [7, 11) is 0. The summed E-state index contributed by atoms with van der Waals surface area (Å²) in [5.74, 6) is 0. The molecule has 52 valence electrons. The number of ether oxygens (including phenoxy) is 1. The average Bonchev–Trinajstić information content (AvgIpc) is 1.90. The lowest BCUT2D eigenvalue weighted by atomic mass is 10.1. The molecule has 0 amide bonds. The molecule has 0 aromatic rings. The third kappa shape index (κ3) is 1.72. The second-order valence-corrected chi connectivity index (χ2v) is 2.48. The highest BCUT2D eigenvalue weighted by Crippen LogP contribution is 2.11. The number of allylic oxidation sites excluding steroid dienone is 1. The largest absolute Gasteiger partial charge is 0.497 e. The summed E-state index contributed by atoms with van der Waals surface area (Å²) in [6, 6.07) is 0.162. The highest BCUT2D eigenvalue weighted by molar-refractivity contribution is 4.85. The number of rotatable bonds is 1. The second kappa shape index (κ2) is 2.87. The Bertz CT molecular complexity index is 109. The van der Waals surface area contributed by atoms with Gasteiger partial charge in [0.05, 0.1) is 6.26 Å². The number of nitrogens with two attached hydrogens (primary N) is 1. The minimum Gasteiger partial charge on any atom is -0.497 e. The van der Waals surface area contributed by atoms with Crippen LogP contribution in [0.4, 0.5) is 0 Å². The van der Waals surface area contributed by atoms with E-state index in [1.54, 1.807) is 6.26 Å². The zero-order chi connectivity index (χ0) is 6.69. The normalized spacial score (nSPS) is 29.3. The molecule has 2 atom stereocenters. The van der Waals surface area contributed by atoms with Gasteiger partial charge in [-0.05, 0) is 25.8 Å². The molecule has 2 unspecified atom stereocenters. The quantitative estimate of drug-likeness (QED) is 0.571. The number of hydrogen-bond acceptors (Lipinski definition) is 2. The van der Waals surface area contributed by atoms with Gasteiger partial charge < -0.3 is 10.5 Å². The minimum absolute atomic E-state index is 0.162. The van der Waals surface area contributed by atoms with E-state index in [1.165, 1.54) is 0 Å². The van der Waals surface area contributed by atoms with Crippen LogP contribution in [-0.4, -0.2) is 12.1 Å². The molecule has 0 radical (unpaired) electrons. The van der Waals surface area contributed by atoms with Gasteiger partial charge in [-0.1, -0.05) is 0 Å². The smallest absolute Gasteiger partial charge is 0.113 e. The average molecular weight is 127 g/mol. The summed E-state index contributed by atoms with van der Waals surface area (Å²) >= 11 is 0. The van der Waals surface area contributed by atoms with Gasteiger partial charge in [0.15, 0.2) is 0 Å². The first-order valence-corrected chi connectivity index (χ1v) is 3.37. The summed E-state index contributed by atoms with van der Waals surface area (Å²) in [5.41, 5.74) is 5.61. The molecule has 0 spiro atoms. The van der Waals surface area contributed by atoms with Crippen LogP contribution >= 0.6 is 0 Å². The maximum atomic E-state index is 5.61. The van der Waals surface area contributed by atoms with Crippen molar-refractivity contribution < 1.29 is 4.74 Å². The van der Waals surface area contributed by atoms with Crippen LogP contribution in [0.3, 0.4) is 0 Å². The van der Waals surface area contributed by atoms with Crippen LogP contribution in [0.2, 0.25) is 0 Å². The summed E-state index contributed by atoms with van der Waals surface area (Å²) < 4.78 is 5.23. The fraction of sp³-hybridized carbons (Fsp3) is 0.714. The van der Waals surface area contributed by atoms with Gasteiger partial charge in [-0.25, -0.2) is 0 Å². The van der Waals surface area contributed by atoms with Crippen molar-refractivity contribution in [3.05, 3.63) is 12.3 Å². The first-order chi connectivity index (χ1) is 4.30. The summed E-state index contributed by atoms with van der Waals surface area (Å²) in [6.45, 7) is 1.98. The van der Waals surface area contributed by atoms with Crippen molar-refractivity contribution in [3.8, 4) is 0 Å². The van der Waals surface area contributed by atoms with Crippen molar-refractivity contribution >= 4 is 0 Å². The van der Waals surface area contributed by atoms with Crippen LogP contribution in [0.25, 0.3) is 0 Å². The van der Waals surface area contributed by atoms with E-state index < -0.39 is 0 Å². The molecule has 1 heterocycles. The van der Waals surface area contributed by atoms with E-state index in [2.05, 4.69) is 0 Å². The molecule has 0 aromatic heterocycles. The predicted octanol–water partition coefficient (Wildman–Crippen LogP) is 1.03. The van der Waals surface area contributed by atoms with Crippen LogP contribution < -0.4 is 5.73 Å². The van der Waals surface area contributed by atoms with Gasteiger partial charge in [-0.15, -0.1) is 0 Å². The van der Waals surface area contributed by atoms with Crippen LogP contribution in [0, 0.1) is 0 Å². The van der Waals surface area contributed by atoms with Crippen molar-refractivity contribution in [2.24, 2.45) is 5.73 Å². The molecule has 1 rings (SSSR count). The SMILES string of the molecule is CC(N)C1CCC=CO1. The van der Waals surface area contributed by atoms with Gasteiger partial charge >= 0.3 is 0 Å². The van der Waals surface area contributed by atoms with Gasteiger partial charge in [-0.3, -0.25) is 0 Å². The van der Waals surface area contributed by atoms with Gasteiger partial charge in [0, 0.05) is 6.04 Å². The Labute approximate surface area is 55.7 Å². The lowest BCUT2D eigenvalue weighted by Crippen LogP contribution is -2.33. The molecule has 2 nitrogen and oxygen atoms in total. The first-order valence-electron chi connectivity index (χ1n) is 3.37. The summed E-state index contributed by atoms with van der Waals surface area (Å²) in [5, 5.41) is 0. The molecule has 1 aliphatic rings. The molecule has 0 saturated heterocycles. The third-order valence-corrected chi connectivity index (χ3v) is 1.55. The Kier molecular flexibility index (Phi) is 2.11. The van der Waals surface area contributed by atoms with E-state index in [-0.39, 0.29) is 12.1 Å². The molecule has 0 aromatic carbocycles. The molecule has 0 saturated carbocycles. The minimum atomic E-state index is 0.162. The Hall–Kier alpha value is -0.500. The van der Waals surface area contributed by atoms with Crippen LogP contribution in [0.15, 0.2) is 12.3 Å².